The molecule has 1 aliphatic rings. The van der Waals surface area contributed by atoms with Gasteiger partial charge in [-0.2, -0.15) is 0 Å². The quantitative estimate of drug-likeness (QED) is 0.794. The van der Waals surface area contributed by atoms with E-state index in [4.69, 9.17) is 5.11 Å². The molecule has 116 valence electrons. The van der Waals surface area contributed by atoms with Crippen molar-refractivity contribution in [1.29, 1.82) is 0 Å². The molecular weight excluding hydrogens is 356 g/mol. The molecule has 5 nitrogen and oxygen atoms in total. The van der Waals surface area contributed by atoms with Gasteiger partial charge in [-0.3, -0.25) is 14.5 Å². The molecule has 1 aromatic heterocycles. The molecule has 0 saturated carbocycles. The first-order valence-corrected chi connectivity index (χ1v) is 8.55. The molecule has 0 radical (unpaired) electrons. The number of likely N-dealkylation sites (N-methyl/N-ethyl adjacent to an activating group) is 1. The van der Waals surface area contributed by atoms with Gasteiger partial charge >= 0.3 is 5.97 Å². The van der Waals surface area contributed by atoms with E-state index in [1.54, 1.807) is 11.3 Å². The van der Waals surface area contributed by atoms with Crippen molar-refractivity contribution in [3.63, 3.8) is 0 Å². The fraction of sp³-hybridized carbons (Fsp3) is 0.571. The van der Waals surface area contributed by atoms with Crippen molar-refractivity contribution >= 4 is 39.1 Å². The van der Waals surface area contributed by atoms with Crippen molar-refractivity contribution in [3.8, 4) is 0 Å². The molecule has 1 N–H and O–H groups in total. The molecular formula is C14H19BrN2O3S. The zero-order valence-corrected chi connectivity index (χ0v) is 14.3. The van der Waals surface area contributed by atoms with Crippen molar-refractivity contribution < 1.29 is 14.7 Å². The number of carboxylic acid groups (broad SMARTS) is 1. The SMILES string of the molecule is CCN(Cc1ccc(Br)s1)C(=O)CN1CC(CC(=O)O)C1. The first-order chi connectivity index (χ1) is 9.97. The second kappa shape index (κ2) is 7.38. The third-order valence-electron chi connectivity index (χ3n) is 3.56. The summed E-state index contributed by atoms with van der Waals surface area (Å²) < 4.78 is 1.07. The average molecular weight is 375 g/mol. The summed E-state index contributed by atoms with van der Waals surface area (Å²) in [4.78, 5) is 27.9. The van der Waals surface area contributed by atoms with E-state index in [9.17, 15) is 9.59 Å². The number of amides is 1. The van der Waals surface area contributed by atoms with Gasteiger partial charge in [0.2, 0.25) is 5.91 Å². The molecule has 1 aromatic rings. The molecule has 0 spiro atoms. The van der Waals surface area contributed by atoms with E-state index in [1.807, 2.05) is 28.9 Å². The molecule has 1 fully saturated rings. The highest BCUT2D eigenvalue weighted by atomic mass is 79.9. The largest absolute Gasteiger partial charge is 0.481 e. The number of carboxylic acids is 1. The fourth-order valence-corrected chi connectivity index (χ4v) is 3.97. The lowest BCUT2D eigenvalue weighted by atomic mass is 9.96. The summed E-state index contributed by atoms with van der Waals surface area (Å²) in [5.74, 6) is -0.459. The molecule has 1 saturated heterocycles. The molecule has 21 heavy (non-hydrogen) atoms. The first-order valence-electron chi connectivity index (χ1n) is 6.94. The van der Waals surface area contributed by atoms with Crippen molar-refractivity contribution in [2.45, 2.75) is 19.9 Å². The fourth-order valence-electron chi connectivity index (χ4n) is 2.47. The van der Waals surface area contributed by atoms with Gasteiger partial charge in [-0.05, 0) is 40.9 Å². The maximum absolute atomic E-state index is 12.3. The monoisotopic (exact) mass is 374 g/mol. The van der Waals surface area contributed by atoms with Gasteiger partial charge in [-0.1, -0.05) is 0 Å². The van der Waals surface area contributed by atoms with E-state index in [0.29, 0.717) is 32.7 Å². The molecule has 0 bridgehead atoms. The minimum Gasteiger partial charge on any atom is -0.481 e. The summed E-state index contributed by atoms with van der Waals surface area (Å²) in [6, 6.07) is 4.02. The van der Waals surface area contributed by atoms with Gasteiger partial charge in [0, 0.05) is 24.5 Å². The third kappa shape index (κ3) is 4.79. The van der Waals surface area contributed by atoms with Crippen LogP contribution in [0.1, 0.15) is 18.2 Å². The minimum atomic E-state index is -0.760. The van der Waals surface area contributed by atoms with Gasteiger partial charge in [0.25, 0.3) is 0 Å². The zero-order chi connectivity index (χ0) is 15.4. The predicted octanol–water partition coefficient (Wildman–Crippen LogP) is 2.27. The van der Waals surface area contributed by atoms with Crippen molar-refractivity contribution in [2.75, 3.05) is 26.2 Å². The van der Waals surface area contributed by atoms with Gasteiger partial charge < -0.3 is 10.0 Å². The summed E-state index contributed by atoms with van der Waals surface area (Å²) in [5, 5.41) is 8.71. The number of carbonyl (C=O) groups is 2. The Kier molecular flexibility index (Phi) is 5.78. The highest BCUT2D eigenvalue weighted by Gasteiger charge is 2.30. The van der Waals surface area contributed by atoms with E-state index in [1.165, 1.54) is 0 Å². The summed E-state index contributed by atoms with van der Waals surface area (Å²) in [5.41, 5.74) is 0. The van der Waals surface area contributed by atoms with Crippen LogP contribution in [0.15, 0.2) is 15.9 Å². The maximum Gasteiger partial charge on any atom is 0.303 e. The number of rotatable bonds is 7. The van der Waals surface area contributed by atoms with Crippen LogP contribution in [0.2, 0.25) is 0 Å². The molecule has 0 aromatic carbocycles. The molecule has 0 atom stereocenters. The summed E-state index contributed by atoms with van der Waals surface area (Å²) in [6.07, 6.45) is 0.200. The summed E-state index contributed by atoms with van der Waals surface area (Å²) in [7, 11) is 0. The molecule has 0 aliphatic carbocycles. The smallest absolute Gasteiger partial charge is 0.303 e. The lowest BCUT2D eigenvalue weighted by molar-refractivity contribution is -0.140. The highest BCUT2D eigenvalue weighted by Crippen LogP contribution is 2.24. The number of nitrogens with zero attached hydrogens (tertiary/aromatic N) is 2. The molecule has 7 heteroatoms. The van der Waals surface area contributed by atoms with Gasteiger partial charge in [-0.25, -0.2) is 0 Å². The Bertz CT molecular complexity index is 514. The van der Waals surface area contributed by atoms with E-state index in [2.05, 4.69) is 15.9 Å². The topological polar surface area (TPSA) is 60.9 Å². The van der Waals surface area contributed by atoms with Crippen LogP contribution >= 0.6 is 27.3 Å². The number of thiophene rings is 1. The second-order valence-electron chi connectivity index (χ2n) is 5.27. The van der Waals surface area contributed by atoms with Crippen LogP contribution in [0.25, 0.3) is 0 Å². The van der Waals surface area contributed by atoms with Gasteiger partial charge in [0.1, 0.15) is 0 Å². The minimum absolute atomic E-state index is 0.107. The van der Waals surface area contributed by atoms with Crippen LogP contribution in [0.5, 0.6) is 0 Å². The Hall–Kier alpha value is -0.920. The van der Waals surface area contributed by atoms with Crippen LogP contribution in [-0.2, 0) is 16.1 Å². The standard InChI is InChI=1S/C14H19BrN2O3S/c1-2-17(8-11-3-4-12(15)21-11)13(18)9-16-6-10(7-16)5-14(19)20/h3-4,10H,2,5-9H2,1H3,(H,19,20). The lowest BCUT2D eigenvalue weighted by Crippen LogP contribution is -2.51. The Labute approximate surface area is 136 Å². The number of hydrogen-bond donors (Lipinski definition) is 1. The van der Waals surface area contributed by atoms with Crippen molar-refractivity contribution in [2.24, 2.45) is 5.92 Å². The van der Waals surface area contributed by atoms with Crippen LogP contribution in [0.3, 0.4) is 0 Å². The number of hydrogen-bond acceptors (Lipinski definition) is 4. The molecule has 1 aliphatic heterocycles. The van der Waals surface area contributed by atoms with E-state index < -0.39 is 5.97 Å². The number of halogens is 1. The average Bonchev–Trinajstić information content (AvgIpc) is 2.78. The van der Waals surface area contributed by atoms with Gasteiger partial charge in [0.05, 0.1) is 23.3 Å². The third-order valence-corrected chi connectivity index (χ3v) is 5.17. The van der Waals surface area contributed by atoms with E-state index >= 15 is 0 Å². The lowest BCUT2D eigenvalue weighted by Gasteiger charge is -2.39. The maximum atomic E-state index is 12.3. The summed E-state index contributed by atoms with van der Waals surface area (Å²) >= 11 is 5.07. The molecule has 1 amide bonds. The Morgan fingerprint density at radius 2 is 2.19 bits per heavy atom. The van der Waals surface area contributed by atoms with Crippen LogP contribution < -0.4 is 0 Å². The van der Waals surface area contributed by atoms with Gasteiger partial charge in [0.15, 0.2) is 0 Å². The van der Waals surface area contributed by atoms with Crippen LogP contribution in [0.4, 0.5) is 0 Å². The van der Waals surface area contributed by atoms with Gasteiger partial charge in [-0.15, -0.1) is 11.3 Å². The number of carbonyl (C=O) groups excluding carboxylic acids is 1. The van der Waals surface area contributed by atoms with E-state index in [-0.39, 0.29) is 18.2 Å². The van der Waals surface area contributed by atoms with Crippen molar-refractivity contribution in [3.05, 3.63) is 20.8 Å². The van der Waals surface area contributed by atoms with Crippen LogP contribution in [0, 0.1) is 5.92 Å². The van der Waals surface area contributed by atoms with E-state index in [0.717, 1.165) is 8.66 Å². The number of aliphatic carboxylic acids is 1. The molecule has 2 rings (SSSR count). The Morgan fingerprint density at radius 1 is 1.48 bits per heavy atom. The number of likely N-dealkylation sites (tertiary alicyclic amines) is 1. The first kappa shape index (κ1) is 16.5. The van der Waals surface area contributed by atoms with Crippen LogP contribution in [-0.4, -0.2) is 53.0 Å². The summed E-state index contributed by atoms with van der Waals surface area (Å²) in [6.45, 7) is 5.10. The Balaban J connectivity index is 1.77. The second-order valence-corrected chi connectivity index (χ2v) is 7.82. The Morgan fingerprint density at radius 3 is 2.71 bits per heavy atom. The molecule has 2 heterocycles. The predicted molar refractivity (Wildman–Crippen MR) is 85.3 cm³/mol. The molecule has 0 unspecified atom stereocenters. The highest BCUT2D eigenvalue weighted by molar-refractivity contribution is 9.11. The zero-order valence-electron chi connectivity index (χ0n) is 11.9. The van der Waals surface area contributed by atoms with Crippen molar-refractivity contribution in [1.82, 2.24) is 9.80 Å². The normalized spacial score (nSPS) is 15.7.